The molecule has 3 heterocycles. The topological polar surface area (TPSA) is 162 Å². The minimum Gasteiger partial charge on any atom is -0.465 e. The van der Waals surface area contributed by atoms with Gasteiger partial charge >= 0.3 is 6.09 Å². The van der Waals surface area contributed by atoms with E-state index in [0.717, 1.165) is 17.4 Å². The average Bonchev–Trinajstić information content (AvgIpc) is 3.74. The van der Waals surface area contributed by atoms with E-state index in [0.29, 0.717) is 36.9 Å². The Bertz CT molecular complexity index is 1810. The van der Waals surface area contributed by atoms with Crippen molar-refractivity contribution < 1.29 is 33.3 Å². The molecule has 3 aliphatic heterocycles. The Balaban J connectivity index is 1.36. The average molecular weight is 709 g/mol. The summed E-state index contributed by atoms with van der Waals surface area (Å²) in [5, 5.41) is 35.6. The second kappa shape index (κ2) is 13.6. The number of hydrogen-bond acceptors (Lipinski definition) is 8. The van der Waals surface area contributed by atoms with Gasteiger partial charge in [-0.3, -0.25) is 29.9 Å². The summed E-state index contributed by atoms with van der Waals surface area (Å²) < 4.78 is 33.8. The van der Waals surface area contributed by atoms with Gasteiger partial charge in [-0.25, -0.2) is 13.6 Å². The molecule has 6 rings (SSSR count). The first-order valence-electron chi connectivity index (χ1n) is 16.6. The van der Waals surface area contributed by atoms with Gasteiger partial charge in [0.15, 0.2) is 11.6 Å². The van der Waals surface area contributed by atoms with Crippen molar-refractivity contribution in [2.24, 2.45) is 5.41 Å². The molecular formula is C34H38F2N6O7Si. The number of halogens is 2. The molecule has 3 saturated heterocycles. The van der Waals surface area contributed by atoms with Crippen molar-refractivity contribution in [1.82, 2.24) is 4.90 Å². The molecule has 2 amide bonds. The zero-order valence-electron chi connectivity index (χ0n) is 27.7. The fourth-order valence-electron chi connectivity index (χ4n) is 7.48. The number of nitro benzene ring substituents is 2. The number of hydrogen-bond donors (Lipinski definition) is 2. The molecule has 50 heavy (non-hydrogen) atoms. The third-order valence-corrected chi connectivity index (χ3v) is 13.0. The van der Waals surface area contributed by atoms with E-state index < -0.39 is 67.0 Å². The number of rotatable bonds is 8. The number of nitro groups is 2. The minimum atomic E-state index is -1.25. The lowest BCUT2D eigenvalue weighted by atomic mass is 9.91. The van der Waals surface area contributed by atoms with Gasteiger partial charge < -0.3 is 19.9 Å². The predicted molar refractivity (Wildman–Crippen MR) is 185 cm³/mol. The van der Waals surface area contributed by atoms with Crippen molar-refractivity contribution in [3.63, 3.8) is 0 Å². The van der Waals surface area contributed by atoms with Gasteiger partial charge in [0.05, 0.1) is 21.9 Å². The number of benzene rings is 3. The second-order valence-electron chi connectivity index (χ2n) is 13.9. The molecule has 0 aromatic heterocycles. The maximum Gasteiger partial charge on any atom is 0.407 e. The van der Waals surface area contributed by atoms with Crippen molar-refractivity contribution in [1.29, 1.82) is 0 Å². The van der Waals surface area contributed by atoms with Crippen molar-refractivity contribution in [3.05, 3.63) is 97.6 Å². The van der Waals surface area contributed by atoms with E-state index in [1.807, 2.05) is 4.57 Å². The van der Waals surface area contributed by atoms with Crippen LogP contribution >= 0.6 is 0 Å². The van der Waals surface area contributed by atoms with Gasteiger partial charge in [0.2, 0.25) is 5.91 Å². The highest BCUT2D eigenvalue weighted by molar-refractivity contribution is 6.42. The predicted octanol–water partition coefficient (Wildman–Crippen LogP) is 6.68. The lowest BCUT2D eigenvalue weighted by Crippen LogP contribution is -2.42. The van der Waals surface area contributed by atoms with Gasteiger partial charge in [-0.2, -0.15) is 0 Å². The Morgan fingerprint density at radius 3 is 2.14 bits per heavy atom. The van der Waals surface area contributed by atoms with Crippen LogP contribution in [0.15, 0.2) is 54.6 Å². The Kier molecular flexibility index (Phi) is 9.48. The molecule has 0 radical (unpaired) electrons. The van der Waals surface area contributed by atoms with Crippen LogP contribution in [0.1, 0.15) is 69.2 Å². The van der Waals surface area contributed by atoms with Gasteiger partial charge in [-0.05, 0) is 72.9 Å². The van der Waals surface area contributed by atoms with E-state index in [9.17, 15) is 34.9 Å². The van der Waals surface area contributed by atoms with Crippen LogP contribution in [0.2, 0.25) is 6.04 Å². The number of carbonyl (C=O) groups excluding carboxylic acids is 1. The number of anilines is 3. The quantitative estimate of drug-likeness (QED) is 0.148. The maximum atomic E-state index is 16.0. The smallest absolute Gasteiger partial charge is 0.407 e. The van der Waals surface area contributed by atoms with Gasteiger partial charge in [0.1, 0.15) is 27.1 Å². The van der Waals surface area contributed by atoms with Crippen LogP contribution in [0, 0.1) is 37.3 Å². The zero-order chi connectivity index (χ0) is 35.9. The summed E-state index contributed by atoms with van der Waals surface area (Å²) in [5.74, 6) is -2.08. The summed E-state index contributed by atoms with van der Waals surface area (Å²) in [7, 11) is -0.945. The highest BCUT2D eigenvalue weighted by atomic mass is 28.2. The summed E-state index contributed by atoms with van der Waals surface area (Å²) >= 11 is 0. The summed E-state index contributed by atoms with van der Waals surface area (Å²) in [5.41, 5.74) is 0.818. The molecule has 264 valence electrons. The fraction of sp³-hybridized carbons (Fsp3) is 0.412. The first-order chi connectivity index (χ1) is 23.7. The summed E-state index contributed by atoms with van der Waals surface area (Å²) in [6.07, 6.45) is 1.23. The monoisotopic (exact) mass is 708 g/mol. The molecule has 0 bridgehead atoms. The third kappa shape index (κ3) is 6.84. The number of amides is 2. The molecule has 0 saturated carbocycles. The Hall–Kier alpha value is -5.12. The number of carboxylic acid groups (broad SMARTS) is 1. The van der Waals surface area contributed by atoms with Gasteiger partial charge in [-0.1, -0.05) is 32.0 Å². The standard InChI is InChI=1S/C34H38F2N6O7Si/c1-34(2)13-15-39(50-19-34)31-24(35)17-23(18-25(31)36)40-27(20-5-8-22(9-6-20)41(46)47)11-12-28(40)21-7-10-26(30(16-21)42(48)49)37-32(43)29-4-3-14-38(29)33(44)45/h5-10,16-18,27-29H,3-4,11-15,19,50H2,1-2H3,(H,37,43)(H,44,45)/t27-,28-,29?/m0/s1. The van der Waals surface area contributed by atoms with Crippen LogP contribution in [0.4, 0.5) is 42.0 Å². The van der Waals surface area contributed by atoms with Crippen molar-refractivity contribution >= 4 is 50.1 Å². The van der Waals surface area contributed by atoms with E-state index >= 15 is 8.78 Å². The molecule has 16 heteroatoms. The van der Waals surface area contributed by atoms with E-state index in [2.05, 4.69) is 19.2 Å². The Labute approximate surface area is 289 Å². The Morgan fingerprint density at radius 2 is 1.56 bits per heavy atom. The molecule has 3 fully saturated rings. The summed E-state index contributed by atoms with van der Waals surface area (Å²) in [4.78, 5) is 49.9. The molecule has 13 nitrogen and oxygen atoms in total. The van der Waals surface area contributed by atoms with E-state index in [-0.39, 0.29) is 41.1 Å². The van der Waals surface area contributed by atoms with Crippen molar-refractivity contribution in [2.45, 2.75) is 70.1 Å². The van der Waals surface area contributed by atoms with E-state index in [1.54, 1.807) is 23.1 Å². The normalized spacial score (nSPS) is 22.2. The van der Waals surface area contributed by atoms with Crippen LogP contribution in [-0.4, -0.2) is 60.7 Å². The molecule has 0 spiro atoms. The SMILES string of the molecule is CC1(C)CCN(c2c(F)cc(N3[C@H](c4ccc([N+](=O)[O-])cc4)CC[C@H]3c3ccc(NC(=O)C4CCCN4C(=O)O)c([N+](=O)[O-])c3)cc2F)[SiH2]C1. The zero-order valence-corrected chi connectivity index (χ0v) is 29.1. The minimum absolute atomic E-state index is 0.0435. The lowest BCUT2D eigenvalue weighted by Gasteiger charge is -2.39. The number of non-ortho nitro benzene ring substituents is 1. The lowest BCUT2D eigenvalue weighted by molar-refractivity contribution is -0.384. The van der Waals surface area contributed by atoms with Crippen LogP contribution in [0.3, 0.4) is 0 Å². The van der Waals surface area contributed by atoms with Crippen LogP contribution in [0.5, 0.6) is 0 Å². The summed E-state index contributed by atoms with van der Waals surface area (Å²) in [6, 6.07) is 11.7. The molecule has 2 N–H and O–H groups in total. The van der Waals surface area contributed by atoms with Gasteiger partial charge in [-0.15, -0.1) is 0 Å². The summed E-state index contributed by atoms with van der Waals surface area (Å²) in [6.45, 7) is 5.06. The first kappa shape index (κ1) is 34.7. The molecule has 1 unspecified atom stereocenters. The second-order valence-corrected chi connectivity index (χ2v) is 15.6. The number of nitrogens with one attached hydrogen (secondary N) is 1. The third-order valence-electron chi connectivity index (χ3n) is 10.3. The number of nitrogens with zero attached hydrogens (tertiary/aromatic N) is 5. The molecule has 3 aliphatic rings. The number of likely N-dealkylation sites (tertiary alicyclic amines) is 1. The molecule has 3 aromatic carbocycles. The highest BCUT2D eigenvalue weighted by Crippen LogP contribution is 2.49. The van der Waals surface area contributed by atoms with E-state index in [4.69, 9.17) is 0 Å². The van der Waals surface area contributed by atoms with E-state index in [1.165, 1.54) is 36.4 Å². The number of carbonyl (C=O) groups is 2. The van der Waals surface area contributed by atoms with Gasteiger partial charge in [0, 0.05) is 37.0 Å². The molecule has 3 atom stereocenters. The van der Waals surface area contributed by atoms with Crippen LogP contribution in [-0.2, 0) is 4.79 Å². The van der Waals surface area contributed by atoms with Crippen LogP contribution < -0.4 is 14.8 Å². The highest BCUT2D eigenvalue weighted by Gasteiger charge is 2.39. The molecule has 3 aromatic rings. The fourth-order valence-corrected chi connectivity index (χ4v) is 9.51. The largest absolute Gasteiger partial charge is 0.465 e. The first-order valence-corrected chi connectivity index (χ1v) is 18.2. The Morgan fingerprint density at radius 1 is 0.920 bits per heavy atom. The van der Waals surface area contributed by atoms with Crippen molar-refractivity contribution in [3.8, 4) is 0 Å². The van der Waals surface area contributed by atoms with Crippen LogP contribution in [0.25, 0.3) is 0 Å². The van der Waals surface area contributed by atoms with Crippen molar-refractivity contribution in [2.75, 3.05) is 27.9 Å². The molecule has 0 aliphatic carbocycles. The molecular weight excluding hydrogens is 670 g/mol. The van der Waals surface area contributed by atoms with Gasteiger partial charge in [0.25, 0.3) is 11.4 Å². The maximum absolute atomic E-state index is 16.0.